The third kappa shape index (κ3) is 3.20. The number of furan rings is 1. The molecule has 0 saturated carbocycles. The summed E-state index contributed by atoms with van der Waals surface area (Å²) in [6.07, 6.45) is 1.73. The van der Waals surface area contributed by atoms with Gasteiger partial charge in [0.1, 0.15) is 11.2 Å². The van der Waals surface area contributed by atoms with Crippen LogP contribution in [0.15, 0.2) is 83.4 Å². The first-order valence-electron chi connectivity index (χ1n) is 9.78. The summed E-state index contributed by atoms with van der Waals surface area (Å²) < 4.78 is 6.11. The highest BCUT2D eigenvalue weighted by Crippen LogP contribution is 2.36. The zero-order valence-electron chi connectivity index (χ0n) is 16.3. The van der Waals surface area contributed by atoms with Crippen LogP contribution in [0.3, 0.4) is 0 Å². The molecule has 2 aromatic heterocycles. The fraction of sp³-hybridized carbons (Fsp3) is 0.115. The highest BCUT2D eigenvalue weighted by molar-refractivity contribution is 6.33. The van der Waals surface area contributed by atoms with Gasteiger partial charge in [0.05, 0.1) is 10.7 Å². The van der Waals surface area contributed by atoms with Crippen molar-refractivity contribution in [1.82, 2.24) is 4.98 Å². The quantitative estimate of drug-likeness (QED) is 0.307. The molecule has 0 radical (unpaired) electrons. The van der Waals surface area contributed by atoms with Crippen LogP contribution >= 0.6 is 11.6 Å². The van der Waals surface area contributed by atoms with Crippen molar-refractivity contribution in [1.29, 1.82) is 0 Å². The van der Waals surface area contributed by atoms with Crippen molar-refractivity contribution in [3.05, 3.63) is 89.6 Å². The molecule has 5 rings (SSSR count). The number of hydrogen-bond acceptors (Lipinski definition) is 2. The van der Waals surface area contributed by atoms with E-state index in [2.05, 4.69) is 67.4 Å². The largest absolute Gasteiger partial charge is 0.456 e. The number of pyridine rings is 1. The van der Waals surface area contributed by atoms with Gasteiger partial charge in [-0.25, -0.2) is 0 Å². The molecule has 29 heavy (non-hydrogen) atoms. The zero-order valence-corrected chi connectivity index (χ0v) is 17.1. The molecule has 0 saturated heterocycles. The van der Waals surface area contributed by atoms with Crippen LogP contribution < -0.4 is 0 Å². The Bertz CT molecular complexity index is 1340. The predicted molar refractivity (Wildman–Crippen MR) is 121 cm³/mol. The van der Waals surface area contributed by atoms with Crippen molar-refractivity contribution in [3.8, 4) is 22.4 Å². The van der Waals surface area contributed by atoms with E-state index >= 15 is 0 Å². The first-order valence-corrected chi connectivity index (χ1v) is 10.2. The van der Waals surface area contributed by atoms with Crippen LogP contribution in [0.5, 0.6) is 0 Å². The van der Waals surface area contributed by atoms with Gasteiger partial charge in [0.2, 0.25) is 0 Å². The minimum Gasteiger partial charge on any atom is -0.456 e. The lowest BCUT2D eigenvalue weighted by atomic mass is 9.99. The molecule has 2 nitrogen and oxygen atoms in total. The van der Waals surface area contributed by atoms with Crippen LogP contribution in [0.2, 0.25) is 5.02 Å². The van der Waals surface area contributed by atoms with Crippen molar-refractivity contribution in [2.75, 3.05) is 0 Å². The molecule has 0 aliphatic rings. The molecule has 0 atom stereocenters. The van der Waals surface area contributed by atoms with Crippen molar-refractivity contribution in [3.63, 3.8) is 0 Å². The van der Waals surface area contributed by atoms with Crippen LogP contribution in [-0.4, -0.2) is 4.98 Å². The lowest BCUT2D eigenvalue weighted by Crippen LogP contribution is -1.87. The van der Waals surface area contributed by atoms with E-state index < -0.39 is 0 Å². The maximum absolute atomic E-state index is 6.53. The van der Waals surface area contributed by atoms with E-state index in [1.165, 1.54) is 5.56 Å². The van der Waals surface area contributed by atoms with Gasteiger partial charge in [-0.2, -0.15) is 0 Å². The second-order valence-corrected chi connectivity index (χ2v) is 8.05. The maximum atomic E-state index is 6.53. The first kappa shape index (κ1) is 18.0. The molecule has 0 aliphatic carbocycles. The average molecular weight is 398 g/mol. The Morgan fingerprint density at radius 1 is 0.793 bits per heavy atom. The fourth-order valence-electron chi connectivity index (χ4n) is 3.75. The van der Waals surface area contributed by atoms with Crippen LogP contribution in [-0.2, 0) is 0 Å². The molecule has 3 heteroatoms. The van der Waals surface area contributed by atoms with Gasteiger partial charge in [-0.15, -0.1) is 0 Å². The minimum atomic E-state index is 0.468. The molecule has 0 amide bonds. The number of rotatable bonds is 3. The number of aromatic nitrogens is 1. The van der Waals surface area contributed by atoms with Gasteiger partial charge < -0.3 is 4.42 Å². The second-order valence-electron chi connectivity index (χ2n) is 7.64. The van der Waals surface area contributed by atoms with Crippen LogP contribution in [0.25, 0.3) is 44.3 Å². The summed E-state index contributed by atoms with van der Waals surface area (Å²) in [4.78, 5) is 4.51. The predicted octanol–water partition coefficient (Wildman–Crippen LogP) is 8.09. The Kier molecular flexibility index (Phi) is 4.37. The molecule has 0 bridgehead atoms. The SMILES string of the molecule is CC(C)c1ccc2c(c1)oc1ccc(-c3cc(-c4ccccc4)ncc3Cl)cc12. The molecule has 5 aromatic rings. The summed E-state index contributed by atoms with van der Waals surface area (Å²) in [6.45, 7) is 4.38. The Morgan fingerprint density at radius 2 is 1.62 bits per heavy atom. The standard InChI is InChI=1S/C26H20ClNO/c1-16(2)18-8-10-20-22-12-19(9-11-25(22)29-26(20)13-18)21-14-24(28-15-23(21)27)17-6-4-3-5-7-17/h3-16H,1-2H3. The molecular formula is C26H20ClNO. The molecule has 3 aromatic carbocycles. The van der Waals surface area contributed by atoms with Gasteiger partial charge in [-0.1, -0.05) is 74.0 Å². The Morgan fingerprint density at radius 3 is 2.41 bits per heavy atom. The minimum absolute atomic E-state index is 0.468. The van der Waals surface area contributed by atoms with E-state index in [-0.39, 0.29) is 0 Å². The Labute approximate surface area is 174 Å². The van der Waals surface area contributed by atoms with Gasteiger partial charge in [0.15, 0.2) is 0 Å². The molecule has 0 aliphatic heterocycles. The Hall–Kier alpha value is -3.10. The summed E-state index contributed by atoms with van der Waals surface area (Å²) >= 11 is 6.53. The van der Waals surface area contributed by atoms with E-state index in [1.54, 1.807) is 6.20 Å². The van der Waals surface area contributed by atoms with Gasteiger partial charge in [0, 0.05) is 28.1 Å². The third-order valence-corrected chi connectivity index (χ3v) is 5.70. The van der Waals surface area contributed by atoms with E-state index in [9.17, 15) is 0 Å². The second kappa shape index (κ2) is 7.06. The summed E-state index contributed by atoms with van der Waals surface area (Å²) in [5, 5.41) is 2.86. The van der Waals surface area contributed by atoms with Crippen molar-refractivity contribution in [2.45, 2.75) is 19.8 Å². The summed E-state index contributed by atoms with van der Waals surface area (Å²) in [5.41, 5.74) is 7.09. The number of halogens is 1. The summed E-state index contributed by atoms with van der Waals surface area (Å²) in [5.74, 6) is 0.468. The number of benzene rings is 3. The number of nitrogens with zero attached hydrogens (tertiary/aromatic N) is 1. The lowest BCUT2D eigenvalue weighted by molar-refractivity contribution is 0.667. The molecular weight excluding hydrogens is 378 g/mol. The highest BCUT2D eigenvalue weighted by Gasteiger charge is 2.13. The lowest BCUT2D eigenvalue weighted by Gasteiger charge is -2.08. The smallest absolute Gasteiger partial charge is 0.135 e. The van der Waals surface area contributed by atoms with Crippen molar-refractivity contribution < 1.29 is 4.42 Å². The van der Waals surface area contributed by atoms with Crippen molar-refractivity contribution >= 4 is 33.5 Å². The average Bonchev–Trinajstić information content (AvgIpc) is 3.11. The summed E-state index contributed by atoms with van der Waals surface area (Å²) in [6, 6.07) is 24.9. The molecule has 0 spiro atoms. The molecule has 0 unspecified atom stereocenters. The third-order valence-electron chi connectivity index (χ3n) is 5.40. The van der Waals surface area contributed by atoms with Gasteiger partial charge >= 0.3 is 0 Å². The van der Waals surface area contributed by atoms with Crippen molar-refractivity contribution in [2.24, 2.45) is 0 Å². The highest BCUT2D eigenvalue weighted by atomic mass is 35.5. The molecule has 0 N–H and O–H groups in total. The monoisotopic (exact) mass is 397 g/mol. The van der Waals surface area contributed by atoms with Gasteiger partial charge in [-0.05, 0) is 41.3 Å². The molecule has 2 heterocycles. The topological polar surface area (TPSA) is 26.0 Å². The van der Waals surface area contributed by atoms with E-state index in [0.717, 1.165) is 44.3 Å². The normalized spacial score (nSPS) is 11.6. The molecule has 142 valence electrons. The first-order chi connectivity index (χ1) is 14.1. The maximum Gasteiger partial charge on any atom is 0.135 e. The number of fused-ring (bicyclic) bond motifs is 3. The van der Waals surface area contributed by atoms with Crippen LogP contribution in [0.1, 0.15) is 25.3 Å². The van der Waals surface area contributed by atoms with E-state index in [1.807, 2.05) is 24.3 Å². The van der Waals surface area contributed by atoms with E-state index in [0.29, 0.717) is 10.9 Å². The fourth-order valence-corrected chi connectivity index (χ4v) is 3.96. The van der Waals surface area contributed by atoms with E-state index in [4.69, 9.17) is 16.0 Å². The van der Waals surface area contributed by atoms with Gasteiger partial charge in [-0.3, -0.25) is 4.98 Å². The zero-order chi connectivity index (χ0) is 20.0. The summed E-state index contributed by atoms with van der Waals surface area (Å²) in [7, 11) is 0. The molecule has 0 fully saturated rings. The van der Waals surface area contributed by atoms with Crippen LogP contribution in [0.4, 0.5) is 0 Å². The van der Waals surface area contributed by atoms with Crippen LogP contribution in [0, 0.1) is 0 Å². The van der Waals surface area contributed by atoms with Gasteiger partial charge in [0.25, 0.3) is 0 Å². The number of hydrogen-bond donors (Lipinski definition) is 0. The Balaban J connectivity index is 1.66.